The van der Waals surface area contributed by atoms with Gasteiger partial charge in [-0.1, -0.05) is 30.3 Å². The molecule has 32 heavy (non-hydrogen) atoms. The third-order valence-corrected chi connectivity index (χ3v) is 5.58. The molecule has 166 valence electrons. The molecule has 0 bridgehead atoms. The van der Waals surface area contributed by atoms with E-state index < -0.39 is 16.8 Å². The van der Waals surface area contributed by atoms with Gasteiger partial charge in [0.05, 0.1) is 18.1 Å². The summed E-state index contributed by atoms with van der Waals surface area (Å²) >= 11 is 1.24. The highest BCUT2D eigenvalue weighted by molar-refractivity contribution is 7.17. The summed E-state index contributed by atoms with van der Waals surface area (Å²) in [7, 11) is 1.31. The van der Waals surface area contributed by atoms with Crippen molar-refractivity contribution in [3.8, 4) is 16.9 Å². The molecule has 0 fully saturated rings. The number of benzene rings is 2. The summed E-state index contributed by atoms with van der Waals surface area (Å²) in [6, 6.07) is 13.3. The Morgan fingerprint density at radius 3 is 2.41 bits per heavy atom. The Kier molecular flexibility index (Phi) is 6.89. The zero-order chi connectivity index (χ0) is 23.4. The predicted octanol–water partition coefficient (Wildman–Crippen LogP) is 5.46. The Morgan fingerprint density at radius 2 is 1.81 bits per heavy atom. The third-order valence-electron chi connectivity index (χ3n) is 4.56. The molecule has 1 amide bonds. The highest BCUT2D eigenvalue weighted by atomic mass is 32.1. The van der Waals surface area contributed by atoms with Gasteiger partial charge in [-0.25, -0.2) is 4.79 Å². The first kappa shape index (κ1) is 23.0. The van der Waals surface area contributed by atoms with Crippen molar-refractivity contribution in [3.05, 3.63) is 74.6 Å². The minimum absolute atomic E-state index is 0.0473. The lowest BCUT2D eigenvalue weighted by atomic mass is 10.0. The Labute approximate surface area is 188 Å². The lowest BCUT2D eigenvalue weighted by molar-refractivity contribution is -0.385. The summed E-state index contributed by atoms with van der Waals surface area (Å²) in [5.74, 6) is -1.10. The van der Waals surface area contributed by atoms with E-state index in [0.29, 0.717) is 10.6 Å². The zero-order valence-corrected chi connectivity index (χ0v) is 18.8. The molecule has 8 nitrogen and oxygen atoms in total. The molecule has 0 spiro atoms. The number of carbonyl (C=O) groups is 2. The van der Waals surface area contributed by atoms with E-state index in [2.05, 4.69) is 5.32 Å². The normalized spacial score (nSPS) is 10.7. The number of nitro groups is 1. The number of amides is 1. The molecule has 0 saturated heterocycles. The largest absolute Gasteiger partial charge is 0.490 e. The average molecular weight is 455 g/mol. The monoisotopic (exact) mass is 454 g/mol. The molecular weight excluding hydrogens is 432 g/mol. The molecule has 3 rings (SSSR count). The first-order valence-corrected chi connectivity index (χ1v) is 10.6. The van der Waals surface area contributed by atoms with Gasteiger partial charge >= 0.3 is 11.7 Å². The van der Waals surface area contributed by atoms with E-state index in [1.54, 1.807) is 13.8 Å². The van der Waals surface area contributed by atoms with Crippen LogP contribution in [0.25, 0.3) is 11.1 Å². The lowest BCUT2D eigenvalue weighted by Gasteiger charge is -2.12. The summed E-state index contributed by atoms with van der Waals surface area (Å²) in [5.41, 5.74) is 1.48. The van der Waals surface area contributed by atoms with Crippen molar-refractivity contribution in [2.24, 2.45) is 0 Å². The van der Waals surface area contributed by atoms with Crippen LogP contribution in [0.15, 0.2) is 48.5 Å². The minimum Gasteiger partial charge on any atom is -0.490 e. The summed E-state index contributed by atoms with van der Waals surface area (Å²) in [4.78, 5) is 37.4. The number of carbonyl (C=O) groups excluding carboxylic acids is 2. The van der Waals surface area contributed by atoms with Crippen molar-refractivity contribution in [2.75, 3.05) is 12.4 Å². The summed E-state index contributed by atoms with van der Waals surface area (Å²) in [5, 5.41) is 14.3. The van der Waals surface area contributed by atoms with Crippen LogP contribution in [0.3, 0.4) is 0 Å². The fourth-order valence-corrected chi connectivity index (χ4v) is 4.26. The van der Waals surface area contributed by atoms with Gasteiger partial charge in [0.2, 0.25) is 0 Å². The number of nitro benzene ring substituents is 1. The number of rotatable bonds is 7. The highest BCUT2D eigenvalue weighted by Gasteiger charge is 2.27. The van der Waals surface area contributed by atoms with Crippen LogP contribution in [0.1, 0.15) is 39.4 Å². The van der Waals surface area contributed by atoms with E-state index in [1.807, 2.05) is 37.3 Å². The number of hydrogen-bond acceptors (Lipinski definition) is 7. The maximum atomic E-state index is 13.0. The number of anilines is 1. The van der Waals surface area contributed by atoms with Crippen LogP contribution in [0.4, 0.5) is 10.7 Å². The first-order chi connectivity index (χ1) is 15.2. The smallest absolute Gasteiger partial charge is 0.342 e. The number of thiophene rings is 1. The van der Waals surface area contributed by atoms with Gasteiger partial charge in [0.15, 0.2) is 5.75 Å². The van der Waals surface area contributed by atoms with Crippen LogP contribution in [-0.2, 0) is 4.74 Å². The summed E-state index contributed by atoms with van der Waals surface area (Å²) in [6.07, 6.45) is -0.348. The van der Waals surface area contributed by atoms with Crippen LogP contribution < -0.4 is 10.1 Å². The van der Waals surface area contributed by atoms with Gasteiger partial charge in [-0.15, -0.1) is 11.3 Å². The van der Waals surface area contributed by atoms with Crippen LogP contribution in [-0.4, -0.2) is 30.0 Å². The van der Waals surface area contributed by atoms with Crippen molar-refractivity contribution in [2.45, 2.75) is 26.9 Å². The van der Waals surface area contributed by atoms with Crippen LogP contribution >= 0.6 is 11.3 Å². The second-order valence-corrected chi connectivity index (χ2v) is 8.38. The standard InChI is InChI=1S/C23H22N2O6S/c1-13(2)31-23(27)20-19(15-8-6-5-7-9-15)14(3)32-22(20)24-21(26)16-10-11-18(30-4)17(12-16)25(28)29/h5-13H,1-4H3,(H,24,26). The van der Waals surface area contributed by atoms with Crippen molar-refractivity contribution >= 4 is 33.9 Å². The van der Waals surface area contributed by atoms with E-state index in [1.165, 1.54) is 30.6 Å². The number of esters is 1. The Bertz CT molecular complexity index is 1170. The molecule has 0 aliphatic rings. The zero-order valence-electron chi connectivity index (χ0n) is 18.0. The molecular formula is C23H22N2O6S. The van der Waals surface area contributed by atoms with Crippen molar-refractivity contribution in [3.63, 3.8) is 0 Å². The van der Waals surface area contributed by atoms with Gasteiger partial charge in [-0.3, -0.25) is 14.9 Å². The van der Waals surface area contributed by atoms with Crippen molar-refractivity contribution < 1.29 is 24.0 Å². The summed E-state index contributed by atoms with van der Waals surface area (Å²) in [6.45, 7) is 5.34. The number of methoxy groups -OCH3 is 1. The van der Waals surface area contributed by atoms with Gasteiger partial charge < -0.3 is 14.8 Å². The molecule has 2 aromatic carbocycles. The van der Waals surface area contributed by atoms with E-state index in [0.717, 1.165) is 16.5 Å². The Hall–Kier alpha value is -3.72. The van der Waals surface area contributed by atoms with Crippen molar-refractivity contribution in [1.82, 2.24) is 0 Å². The number of hydrogen-bond donors (Lipinski definition) is 1. The number of aryl methyl sites for hydroxylation is 1. The fraction of sp³-hybridized carbons (Fsp3) is 0.217. The molecule has 0 radical (unpaired) electrons. The van der Waals surface area contributed by atoms with Gasteiger partial charge in [-0.05, 0) is 38.5 Å². The third kappa shape index (κ3) is 4.78. The number of nitrogens with one attached hydrogen (secondary N) is 1. The predicted molar refractivity (Wildman–Crippen MR) is 123 cm³/mol. The van der Waals surface area contributed by atoms with Gasteiger partial charge in [-0.2, -0.15) is 0 Å². The van der Waals surface area contributed by atoms with Crippen LogP contribution in [0, 0.1) is 17.0 Å². The Balaban J connectivity index is 2.05. The lowest BCUT2D eigenvalue weighted by Crippen LogP contribution is -2.17. The molecule has 0 aliphatic carbocycles. The SMILES string of the molecule is COc1ccc(C(=O)Nc2sc(C)c(-c3ccccc3)c2C(=O)OC(C)C)cc1[N+](=O)[O-]. The van der Waals surface area contributed by atoms with Gasteiger partial charge in [0.1, 0.15) is 10.6 Å². The quantitative estimate of drug-likeness (QED) is 0.289. The topological polar surface area (TPSA) is 108 Å². The highest BCUT2D eigenvalue weighted by Crippen LogP contribution is 2.41. The Morgan fingerprint density at radius 1 is 1.12 bits per heavy atom. The van der Waals surface area contributed by atoms with E-state index in [4.69, 9.17) is 9.47 Å². The molecule has 0 atom stereocenters. The second kappa shape index (κ2) is 9.61. The number of nitrogens with zero attached hydrogens (tertiary/aromatic N) is 1. The van der Waals surface area contributed by atoms with Crippen LogP contribution in [0.2, 0.25) is 0 Å². The first-order valence-electron chi connectivity index (χ1n) is 9.76. The molecule has 0 aliphatic heterocycles. The molecule has 0 unspecified atom stereocenters. The summed E-state index contributed by atoms with van der Waals surface area (Å²) < 4.78 is 10.4. The molecule has 1 N–H and O–H groups in total. The van der Waals surface area contributed by atoms with E-state index in [-0.39, 0.29) is 28.7 Å². The maximum absolute atomic E-state index is 13.0. The van der Waals surface area contributed by atoms with Crippen LogP contribution in [0.5, 0.6) is 5.75 Å². The van der Waals surface area contributed by atoms with Crippen molar-refractivity contribution in [1.29, 1.82) is 0 Å². The minimum atomic E-state index is -0.621. The molecule has 3 aromatic rings. The maximum Gasteiger partial charge on any atom is 0.342 e. The molecule has 1 aromatic heterocycles. The molecule has 0 saturated carbocycles. The fourth-order valence-electron chi connectivity index (χ4n) is 3.20. The average Bonchev–Trinajstić information content (AvgIpc) is 3.08. The van der Waals surface area contributed by atoms with Gasteiger partial charge in [0.25, 0.3) is 5.91 Å². The number of ether oxygens (including phenoxy) is 2. The molecule has 9 heteroatoms. The van der Waals surface area contributed by atoms with E-state index >= 15 is 0 Å². The van der Waals surface area contributed by atoms with Gasteiger partial charge in [0, 0.05) is 22.1 Å². The second-order valence-electron chi connectivity index (χ2n) is 7.16. The van der Waals surface area contributed by atoms with E-state index in [9.17, 15) is 19.7 Å². The molecule has 1 heterocycles.